The minimum Gasteiger partial charge on any atom is -0.283 e. The SMILES string of the molecule is Cc1c(NS(=O)(=O)CCCCCl)cccc1S(N)(=O)=O. The van der Waals surface area contributed by atoms with Crippen molar-refractivity contribution in [3.05, 3.63) is 23.8 Å². The normalized spacial score (nSPS) is 12.3. The molecule has 0 atom stereocenters. The van der Waals surface area contributed by atoms with Gasteiger partial charge in [-0.2, -0.15) is 0 Å². The van der Waals surface area contributed by atoms with Gasteiger partial charge in [-0.1, -0.05) is 6.07 Å². The number of halogens is 1. The molecule has 9 heteroatoms. The third kappa shape index (κ3) is 4.93. The highest BCUT2D eigenvalue weighted by Gasteiger charge is 2.17. The van der Waals surface area contributed by atoms with E-state index in [1.54, 1.807) is 0 Å². The number of sulfonamides is 2. The van der Waals surface area contributed by atoms with Crippen LogP contribution in [0.15, 0.2) is 23.1 Å². The number of anilines is 1. The van der Waals surface area contributed by atoms with E-state index in [0.717, 1.165) is 0 Å². The first-order chi connectivity index (χ1) is 9.17. The lowest BCUT2D eigenvalue weighted by molar-refractivity contribution is 0.594. The van der Waals surface area contributed by atoms with Gasteiger partial charge in [-0.05, 0) is 37.5 Å². The van der Waals surface area contributed by atoms with E-state index in [1.807, 2.05) is 0 Å². The van der Waals surface area contributed by atoms with Crippen molar-refractivity contribution in [2.45, 2.75) is 24.7 Å². The van der Waals surface area contributed by atoms with Crippen LogP contribution in [0, 0.1) is 6.92 Å². The van der Waals surface area contributed by atoms with E-state index in [-0.39, 0.29) is 21.9 Å². The number of primary sulfonamides is 1. The standard InChI is InChI=1S/C11H17ClN2O4S2/c1-9-10(5-4-6-11(9)20(13,17)18)14-19(15,16)8-3-2-7-12/h4-6,14H,2-3,7-8H2,1H3,(H2,13,17,18). The number of hydrogen-bond donors (Lipinski definition) is 2. The number of hydrogen-bond acceptors (Lipinski definition) is 4. The highest BCUT2D eigenvalue weighted by molar-refractivity contribution is 7.92. The lowest BCUT2D eigenvalue weighted by atomic mass is 10.2. The smallest absolute Gasteiger partial charge is 0.238 e. The molecular weight excluding hydrogens is 324 g/mol. The Balaban J connectivity index is 3.00. The van der Waals surface area contributed by atoms with E-state index in [0.29, 0.717) is 18.7 Å². The predicted molar refractivity (Wildman–Crippen MR) is 79.9 cm³/mol. The zero-order valence-corrected chi connectivity index (χ0v) is 13.4. The molecule has 20 heavy (non-hydrogen) atoms. The molecule has 0 unspecified atom stereocenters. The van der Waals surface area contributed by atoms with E-state index >= 15 is 0 Å². The van der Waals surface area contributed by atoms with Crippen molar-refractivity contribution < 1.29 is 16.8 Å². The van der Waals surface area contributed by atoms with Crippen LogP contribution in [-0.4, -0.2) is 28.5 Å². The molecule has 0 spiro atoms. The summed E-state index contributed by atoms with van der Waals surface area (Å²) in [5, 5.41) is 5.07. The molecule has 6 nitrogen and oxygen atoms in total. The Hall–Kier alpha value is -0.830. The van der Waals surface area contributed by atoms with Crippen molar-refractivity contribution in [1.29, 1.82) is 0 Å². The molecule has 0 aliphatic rings. The van der Waals surface area contributed by atoms with Crippen molar-refractivity contribution in [3.8, 4) is 0 Å². The molecule has 0 aliphatic heterocycles. The van der Waals surface area contributed by atoms with Crippen LogP contribution in [0.25, 0.3) is 0 Å². The van der Waals surface area contributed by atoms with Gasteiger partial charge in [0.2, 0.25) is 20.0 Å². The maximum atomic E-state index is 11.9. The van der Waals surface area contributed by atoms with Crippen LogP contribution < -0.4 is 9.86 Å². The molecule has 1 aromatic carbocycles. The molecule has 0 saturated heterocycles. The van der Waals surface area contributed by atoms with Crippen molar-refractivity contribution in [2.75, 3.05) is 16.4 Å². The second-order valence-electron chi connectivity index (χ2n) is 4.29. The summed E-state index contributed by atoms with van der Waals surface area (Å²) in [6.45, 7) is 1.50. The minimum atomic E-state index is -3.88. The predicted octanol–water partition coefficient (Wildman–Crippen LogP) is 1.40. The molecule has 1 aromatic rings. The van der Waals surface area contributed by atoms with E-state index in [2.05, 4.69) is 4.72 Å². The molecule has 114 valence electrons. The summed E-state index contributed by atoms with van der Waals surface area (Å²) >= 11 is 5.49. The van der Waals surface area contributed by atoms with Gasteiger partial charge >= 0.3 is 0 Å². The number of nitrogens with one attached hydrogen (secondary N) is 1. The number of alkyl halides is 1. The van der Waals surface area contributed by atoms with E-state index in [4.69, 9.17) is 16.7 Å². The van der Waals surface area contributed by atoms with Gasteiger partial charge in [0.15, 0.2) is 0 Å². The molecule has 0 fully saturated rings. The summed E-state index contributed by atoms with van der Waals surface area (Å²) in [5.41, 5.74) is 0.485. The Kier molecular flexibility index (Phi) is 5.81. The van der Waals surface area contributed by atoms with Gasteiger partial charge in [0, 0.05) is 5.88 Å². The van der Waals surface area contributed by atoms with E-state index in [1.165, 1.54) is 25.1 Å². The van der Waals surface area contributed by atoms with E-state index < -0.39 is 20.0 Å². The van der Waals surface area contributed by atoms with Crippen LogP contribution in [0.2, 0.25) is 0 Å². The first-order valence-corrected chi connectivity index (χ1v) is 9.59. The molecule has 0 radical (unpaired) electrons. The summed E-state index contributed by atoms with van der Waals surface area (Å²) in [7, 11) is -7.42. The van der Waals surface area contributed by atoms with Crippen molar-refractivity contribution in [1.82, 2.24) is 0 Å². The maximum absolute atomic E-state index is 11.9. The first kappa shape index (κ1) is 17.2. The number of unbranched alkanes of at least 4 members (excludes halogenated alkanes) is 1. The topological polar surface area (TPSA) is 106 Å². The third-order valence-electron chi connectivity index (χ3n) is 2.65. The van der Waals surface area contributed by atoms with Crippen LogP contribution in [-0.2, 0) is 20.0 Å². The summed E-state index contributed by atoms with van der Waals surface area (Å²) in [5.74, 6) is 0.328. The Morgan fingerprint density at radius 1 is 1.20 bits per heavy atom. The van der Waals surface area contributed by atoms with E-state index in [9.17, 15) is 16.8 Å². The molecule has 0 amide bonds. The molecule has 0 aliphatic carbocycles. The fourth-order valence-electron chi connectivity index (χ4n) is 1.64. The molecule has 0 bridgehead atoms. The molecule has 0 heterocycles. The Bertz CT molecular complexity index is 672. The lowest BCUT2D eigenvalue weighted by Gasteiger charge is -2.12. The number of nitrogens with two attached hydrogens (primary N) is 1. The van der Waals surface area contributed by atoms with Gasteiger partial charge in [0.05, 0.1) is 16.3 Å². The third-order valence-corrected chi connectivity index (χ3v) is 5.33. The van der Waals surface area contributed by atoms with Crippen molar-refractivity contribution in [3.63, 3.8) is 0 Å². The number of rotatable bonds is 7. The fraction of sp³-hybridized carbons (Fsp3) is 0.455. The van der Waals surface area contributed by atoms with Crippen LogP contribution in [0.1, 0.15) is 18.4 Å². The monoisotopic (exact) mass is 340 g/mol. The molecule has 1 rings (SSSR count). The van der Waals surface area contributed by atoms with Crippen molar-refractivity contribution in [2.24, 2.45) is 5.14 Å². The first-order valence-electron chi connectivity index (χ1n) is 5.86. The largest absolute Gasteiger partial charge is 0.283 e. The Labute approximate surface area is 124 Å². The molecular formula is C11H17ClN2O4S2. The van der Waals surface area contributed by atoms with Crippen molar-refractivity contribution >= 4 is 37.3 Å². The summed E-state index contributed by atoms with van der Waals surface area (Å²) < 4.78 is 48.8. The van der Waals surface area contributed by atoms with Crippen LogP contribution in [0.5, 0.6) is 0 Å². The molecule has 3 N–H and O–H groups in total. The summed E-state index contributed by atoms with van der Waals surface area (Å²) in [6.07, 6.45) is 1.03. The van der Waals surface area contributed by atoms with Gasteiger partial charge in [0.25, 0.3) is 0 Å². The minimum absolute atomic E-state index is 0.0707. The van der Waals surface area contributed by atoms with Gasteiger partial charge < -0.3 is 0 Å². The average molecular weight is 341 g/mol. The summed E-state index contributed by atoms with van der Waals surface area (Å²) in [4.78, 5) is -0.0986. The zero-order valence-electron chi connectivity index (χ0n) is 11.0. The van der Waals surface area contributed by atoms with Crippen LogP contribution in [0.3, 0.4) is 0 Å². The molecule has 0 saturated carbocycles. The second-order valence-corrected chi connectivity index (χ2v) is 8.04. The zero-order chi connectivity index (χ0) is 15.4. The van der Waals surface area contributed by atoms with Gasteiger partial charge in [-0.3, -0.25) is 4.72 Å². The highest BCUT2D eigenvalue weighted by Crippen LogP contribution is 2.23. The fourth-order valence-corrected chi connectivity index (χ4v) is 3.87. The average Bonchev–Trinajstić information content (AvgIpc) is 2.30. The lowest BCUT2D eigenvalue weighted by Crippen LogP contribution is -2.19. The number of benzene rings is 1. The van der Waals surface area contributed by atoms with Crippen LogP contribution >= 0.6 is 11.6 Å². The summed E-state index contributed by atoms with van der Waals surface area (Å²) in [6, 6.07) is 4.25. The second kappa shape index (κ2) is 6.75. The van der Waals surface area contributed by atoms with Gasteiger partial charge in [0.1, 0.15) is 0 Å². The Morgan fingerprint density at radius 2 is 1.85 bits per heavy atom. The molecule has 0 aromatic heterocycles. The van der Waals surface area contributed by atoms with Gasteiger partial charge in [-0.15, -0.1) is 11.6 Å². The van der Waals surface area contributed by atoms with Crippen LogP contribution in [0.4, 0.5) is 5.69 Å². The van der Waals surface area contributed by atoms with Gasteiger partial charge in [-0.25, -0.2) is 22.0 Å². The quantitative estimate of drug-likeness (QED) is 0.578. The Morgan fingerprint density at radius 3 is 2.40 bits per heavy atom. The maximum Gasteiger partial charge on any atom is 0.238 e. The highest BCUT2D eigenvalue weighted by atomic mass is 35.5.